The molecule has 0 saturated carbocycles. The predicted molar refractivity (Wildman–Crippen MR) is 90.3 cm³/mol. The van der Waals surface area contributed by atoms with Crippen LogP contribution in [-0.2, 0) is 16.1 Å². The van der Waals surface area contributed by atoms with Crippen molar-refractivity contribution in [3.05, 3.63) is 44.9 Å². The highest BCUT2D eigenvalue weighted by Gasteiger charge is 2.53. The molecule has 29 heavy (non-hydrogen) atoms. The first-order chi connectivity index (χ1) is 13.5. The Bertz CT molecular complexity index is 826. The molecular formula is C16H16F3N5O5. The molecule has 1 aromatic rings. The highest BCUT2D eigenvalue weighted by Crippen LogP contribution is 2.35. The minimum absolute atomic E-state index is 0.0894. The number of nitroso groups, excluding NO2 is 1. The fourth-order valence-corrected chi connectivity index (χ4v) is 3.07. The van der Waals surface area contributed by atoms with Gasteiger partial charge in [-0.2, -0.15) is 18.4 Å². The van der Waals surface area contributed by atoms with Gasteiger partial charge in [0, 0.05) is 25.1 Å². The van der Waals surface area contributed by atoms with E-state index in [1.165, 1.54) is 31.2 Å². The van der Waals surface area contributed by atoms with E-state index in [1.54, 1.807) is 6.07 Å². The summed E-state index contributed by atoms with van der Waals surface area (Å²) >= 11 is 0. The number of nitrogens with zero attached hydrogens (tertiary/aromatic N) is 5. The van der Waals surface area contributed by atoms with Crippen molar-refractivity contribution in [3.63, 3.8) is 0 Å². The third-order valence-electron chi connectivity index (χ3n) is 4.53. The van der Waals surface area contributed by atoms with Crippen LogP contribution in [0.5, 0.6) is 0 Å². The van der Waals surface area contributed by atoms with Crippen LogP contribution >= 0.6 is 0 Å². The number of alkyl halides is 3. The molecule has 0 spiro atoms. The van der Waals surface area contributed by atoms with E-state index < -0.39 is 29.0 Å². The predicted octanol–water partition coefficient (Wildman–Crippen LogP) is 2.85. The molecule has 2 atom stereocenters. The van der Waals surface area contributed by atoms with Crippen LogP contribution in [0.15, 0.2) is 29.6 Å². The van der Waals surface area contributed by atoms with Crippen molar-refractivity contribution in [3.8, 4) is 6.07 Å². The van der Waals surface area contributed by atoms with E-state index in [4.69, 9.17) is 0 Å². The van der Waals surface area contributed by atoms with Gasteiger partial charge >= 0.3 is 12.1 Å². The number of non-ortho nitro benzene ring substituents is 1. The van der Waals surface area contributed by atoms with Crippen molar-refractivity contribution in [2.45, 2.75) is 44.4 Å². The lowest BCUT2D eigenvalue weighted by Gasteiger charge is -2.38. The molecule has 0 amide bonds. The maximum absolute atomic E-state index is 12.6. The number of halogens is 3. The van der Waals surface area contributed by atoms with Crippen LogP contribution in [0.25, 0.3) is 0 Å². The van der Waals surface area contributed by atoms with Crippen LogP contribution in [0, 0.1) is 26.4 Å². The standard InChI is InChI=1S/C16H16F3N5O5/c1-11(23(21-26)9-12-3-5-13(6-4-12)24(27)28)22-8-2-7-15(22,10-20)29-14(25)16(17,18)19/h3-6,11H,2,7-9H2,1H3. The van der Waals surface area contributed by atoms with E-state index in [-0.39, 0.29) is 31.6 Å². The molecule has 1 fully saturated rings. The Morgan fingerprint density at radius 1 is 1.48 bits per heavy atom. The number of rotatable bonds is 7. The van der Waals surface area contributed by atoms with E-state index in [0.717, 1.165) is 9.91 Å². The van der Waals surface area contributed by atoms with E-state index in [0.29, 0.717) is 5.56 Å². The van der Waals surface area contributed by atoms with Gasteiger partial charge in [-0.1, -0.05) is 12.1 Å². The number of esters is 1. The Balaban J connectivity index is 2.21. The summed E-state index contributed by atoms with van der Waals surface area (Å²) in [4.78, 5) is 33.9. The molecule has 1 aliphatic rings. The zero-order chi connectivity index (χ0) is 21.8. The second-order valence-electron chi connectivity index (χ2n) is 6.32. The largest absolute Gasteiger partial charge is 0.491 e. The molecule has 0 aromatic heterocycles. The van der Waals surface area contributed by atoms with Gasteiger partial charge in [0.1, 0.15) is 12.2 Å². The minimum Gasteiger partial charge on any atom is -0.423 e. The van der Waals surface area contributed by atoms with Crippen LogP contribution in [0.2, 0.25) is 0 Å². The fourth-order valence-electron chi connectivity index (χ4n) is 3.07. The van der Waals surface area contributed by atoms with E-state index >= 15 is 0 Å². The zero-order valence-corrected chi connectivity index (χ0v) is 15.1. The monoisotopic (exact) mass is 415 g/mol. The second-order valence-corrected chi connectivity index (χ2v) is 6.32. The number of likely N-dealkylation sites (tertiary alicyclic amines) is 1. The van der Waals surface area contributed by atoms with Crippen molar-refractivity contribution in [1.82, 2.24) is 9.91 Å². The lowest BCUT2D eigenvalue weighted by Crippen LogP contribution is -2.56. The Labute approximate surface area is 162 Å². The third kappa shape index (κ3) is 4.77. The van der Waals surface area contributed by atoms with Gasteiger partial charge in [-0.15, -0.1) is 4.91 Å². The van der Waals surface area contributed by atoms with Crippen molar-refractivity contribution < 1.29 is 27.6 Å². The number of hydrogen-bond acceptors (Lipinski definition) is 8. The number of hydrogen-bond donors (Lipinski definition) is 0. The molecule has 0 aliphatic carbocycles. The summed E-state index contributed by atoms with van der Waals surface area (Å²) < 4.78 is 42.3. The number of nitriles is 1. The van der Waals surface area contributed by atoms with E-state index in [2.05, 4.69) is 10.0 Å². The van der Waals surface area contributed by atoms with Gasteiger partial charge in [0.05, 0.1) is 16.8 Å². The first-order valence-electron chi connectivity index (χ1n) is 8.35. The molecule has 1 aliphatic heterocycles. The maximum Gasteiger partial charge on any atom is 0.491 e. The summed E-state index contributed by atoms with van der Waals surface area (Å²) in [5.41, 5.74) is -1.88. The molecule has 1 heterocycles. The molecule has 0 bridgehead atoms. The number of nitro benzene ring substituents is 1. The van der Waals surface area contributed by atoms with Crippen molar-refractivity contribution >= 4 is 11.7 Å². The number of carbonyl (C=O) groups excluding carboxylic acids is 1. The molecule has 0 N–H and O–H groups in total. The quantitative estimate of drug-likeness (QED) is 0.288. The minimum atomic E-state index is -5.28. The summed E-state index contributed by atoms with van der Waals surface area (Å²) in [6, 6.07) is 6.86. The van der Waals surface area contributed by atoms with Crippen LogP contribution < -0.4 is 0 Å². The molecule has 13 heteroatoms. The molecular weight excluding hydrogens is 399 g/mol. The average molecular weight is 415 g/mol. The molecule has 2 rings (SSSR count). The highest BCUT2D eigenvalue weighted by atomic mass is 19.4. The highest BCUT2D eigenvalue weighted by molar-refractivity contribution is 5.76. The lowest BCUT2D eigenvalue weighted by molar-refractivity contribution is -0.384. The number of carbonyl (C=O) groups is 1. The van der Waals surface area contributed by atoms with Crippen molar-refractivity contribution in [1.29, 1.82) is 5.26 Å². The van der Waals surface area contributed by atoms with Gasteiger partial charge in [-0.3, -0.25) is 10.1 Å². The van der Waals surface area contributed by atoms with Crippen molar-refractivity contribution in [2.24, 2.45) is 5.29 Å². The summed E-state index contributed by atoms with van der Waals surface area (Å²) in [7, 11) is 0. The van der Waals surface area contributed by atoms with Crippen LogP contribution in [-0.4, -0.2) is 45.4 Å². The molecule has 0 radical (unpaired) electrons. The number of ether oxygens (including phenoxy) is 1. The molecule has 10 nitrogen and oxygen atoms in total. The topological polar surface area (TPSA) is 129 Å². The SMILES string of the molecule is CC(N(Cc1ccc([N+](=O)[O-])cc1)N=O)N1CCCC1(C#N)OC(=O)C(F)(F)F. The fraction of sp³-hybridized carbons (Fsp3) is 0.500. The van der Waals surface area contributed by atoms with Gasteiger partial charge in [-0.05, 0) is 18.9 Å². The Morgan fingerprint density at radius 2 is 2.10 bits per heavy atom. The second kappa shape index (κ2) is 8.39. The van der Waals surface area contributed by atoms with Gasteiger partial charge in [0.25, 0.3) is 11.4 Å². The van der Waals surface area contributed by atoms with Crippen molar-refractivity contribution in [2.75, 3.05) is 6.54 Å². The van der Waals surface area contributed by atoms with Crippen LogP contribution in [0.3, 0.4) is 0 Å². The molecule has 1 aromatic carbocycles. The summed E-state index contributed by atoms with van der Waals surface area (Å²) in [5.74, 6) is -2.50. The summed E-state index contributed by atoms with van der Waals surface area (Å²) in [6.07, 6.45) is -6.18. The normalized spacial score (nSPS) is 20.5. The number of nitro groups is 1. The van der Waals surface area contributed by atoms with Gasteiger partial charge in [0.2, 0.25) is 0 Å². The first-order valence-corrected chi connectivity index (χ1v) is 8.35. The van der Waals surface area contributed by atoms with Gasteiger partial charge in [-0.25, -0.2) is 14.7 Å². The summed E-state index contributed by atoms with van der Waals surface area (Å²) in [5, 5.41) is 23.9. The maximum atomic E-state index is 12.6. The average Bonchev–Trinajstić information content (AvgIpc) is 3.09. The van der Waals surface area contributed by atoms with E-state index in [9.17, 15) is 38.2 Å². The Kier molecular flexibility index (Phi) is 6.38. The van der Waals surface area contributed by atoms with E-state index in [1.807, 2.05) is 0 Å². The Hall–Kier alpha value is -3.27. The molecule has 2 unspecified atom stereocenters. The van der Waals surface area contributed by atoms with Gasteiger partial charge < -0.3 is 4.74 Å². The van der Waals surface area contributed by atoms with Crippen LogP contribution in [0.4, 0.5) is 18.9 Å². The molecule has 156 valence electrons. The van der Waals surface area contributed by atoms with Gasteiger partial charge in [0.15, 0.2) is 0 Å². The smallest absolute Gasteiger partial charge is 0.423 e. The molecule has 1 saturated heterocycles. The number of benzene rings is 1. The zero-order valence-electron chi connectivity index (χ0n) is 15.1. The first kappa shape index (κ1) is 22.0. The lowest BCUT2D eigenvalue weighted by atomic mass is 10.1. The summed E-state index contributed by atoms with van der Waals surface area (Å²) in [6.45, 7) is 1.38. The third-order valence-corrected chi connectivity index (χ3v) is 4.53. The van der Waals surface area contributed by atoms with Crippen LogP contribution in [0.1, 0.15) is 25.3 Å². The Morgan fingerprint density at radius 3 is 2.59 bits per heavy atom.